The molecule has 0 aromatic heterocycles. The van der Waals surface area contributed by atoms with Crippen LogP contribution in [0.2, 0.25) is 0 Å². The summed E-state index contributed by atoms with van der Waals surface area (Å²) in [7, 11) is 0. The lowest BCUT2D eigenvalue weighted by molar-refractivity contribution is 0.102. The molecule has 2 aromatic rings. The van der Waals surface area contributed by atoms with Crippen LogP contribution in [0.25, 0.3) is 0 Å². The first-order valence-corrected chi connectivity index (χ1v) is 6.48. The molecule has 0 aliphatic carbocycles. The van der Waals surface area contributed by atoms with Crippen LogP contribution in [0.4, 0.5) is 5.69 Å². The van der Waals surface area contributed by atoms with Crippen LogP contribution in [0, 0.1) is 13.8 Å². The molecule has 0 atom stereocenters. The van der Waals surface area contributed by atoms with E-state index >= 15 is 0 Å². The van der Waals surface area contributed by atoms with Crippen LogP contribution in [0.5, 0.6) is 0 Å². The van der Waals surface area contributed by atoms with E-state index in [9.17, 15) is 4.79 Å². The molecule has 2 aromatic carbocycles. The molecule has 4 N–H and O–H groups in total. The van der Waals surface area contributed by atoms with Crippen LogP contribution in [-0.2, 0) is 0 Å². The molecule has 0 aliphatic rings. The van der Waals surface area contributed by atoms with Gasteiger partial charge in [0.15, 0.2) is 5.84 Å². The quantitative estimate of drug-likeness (QED) is 0.350. The Bertz CT molecular complexity index is 671. The second-order valence-corrected chi connectivity index (χ2v) is 4.78. The lowest BCUT2D eigenvalue weighted by Gasteiger charge is -2.10. The van der Waals surface area contributed by atoms with Crippen LogP contribution in [-0.4, -0.2) is 17.0 Å². The highest BCUT2D eigenvalue weighted by molar-refractivity contribution is 6.06. The molecule has 0 saturated heterocycles. The second kappa shape index (κ2) is 6.09. The normalized spacial score (nSPS) is 11.2. The van der Waals surface area contributed by atoms with Crippen molar-refractivity contribution in [2.75, 3.05) is 5.32 Å². The average molecular weight is 283 g/mol. The van der Waals surface area contributed by atoms with E-state index in [-0.39, 0.29) is 11.7 Å². The molecule has 0 bridgehead atoms. The Balaban J connectivity index is 2.20. The predicted molar refractivity (Wildman–Crippen MR) is 82.8 cm³/mol. The first-order chi connectivity index (χ1) is 10.0. The van der Waals surface area contributed by atoms with Crippen LogP contribution in [0.15, 0.2) is 47.6 Å². The summed E-state index contributed by atoms with van der Waals surface area (Å²) in [5.41, 5.74) is 9.27. The molecule has 0 radical (unpaired) electrons. The van der Waals surface area contributed by atoms with Gasteiger partial charge in [0.2, 0.25) is 0 Å². The minimum atomic E-state index is -0.151. The maximum absolute atomic E-state index is 12.3. The van der Waals surface area contributed by atoms with E-state index < -0.39 is 0 Å². The van der Waals surface area contributed by atoms with Crippen molar-refractivity contribution in [3.05, 3.63) is 64.7 Å². The molecule has 21 heavy (non-hydrogen) atoms. The number of amidine groups is 1. The number of carbonyl (C=O) groups is 1. The number of benzene rings is 2. The number of rotatable bonds is 3. The first-order valence-electron chi connectivity index (χ1n) is 6.48. The largest absolute Gasteiger partial charge is 0.409 e. The van der Waals surface area contributed by atoms with Gasteiger partial charge in [-0.25, -0.2) is 0 Å². The predicted octanol–water partition coefficient (Wildman–Crippen LogP) is 2.65. The van der Waals surface area contributed by atoms with E-state index in [0.717, 1.165) is 11.1 Å². The summed E-state index contributed by atoms with van der Waals surface area (Å²) >= 11 is 0. The minimum Gasteiger partial charge on any atom is -0.409 e. The molecule has 0 heterocycles. The summed E-state index contributed by atoms with van der Waals surface area (Å²) in [6.45, 7) is 3.81. The van der Waals surface area contributed by atoms with Gasteiger partial charge in [0.25, 0.3) is 5.91 Å². The fraction of sp³-hybridized carbons (Fsp3) is 0.125. The molecule has 0 aliphatic heterocycles. The Labute approximate surface area is 123 Å². The molecule has 0 fully saturated rings. The summed E-state index contributed by atoms with van der Waals surface area (Å²) in [5.74, 6) is -0.121. The highest BCUT2D eigenvalue weighted by Gasteiger charge is 2.12. The Kier molecular flexibility index (Phi) is 4.23. The van der Waals surface area contributed by atoms with Gasteiger partial charge in [0.1, 0.15) is 0 Å². The summed E-state index contributed by atoms with van der Waals surface area (Å²) in [6.07, 6.45) is 0. The molecular weight excluding hydrogens is 266 g/mol. The van der Waals surface area contributed by atoms with Crippen LogP contribution in [0.1, 0.15) is 27.0 Å². The lowest BCUT2D eigenvalue weighted by atomic mass is 10.0. The third-order valence-electron chi connectivity index (χ3n) is 3.25. The number of hydrogen-bond donors (Lipinski definition) is 3. The van der Waals surface area contributed by atoms with Gasteiger partial charge in [0.05, 0.1) is 0 Å². The van der Waals surface area contributed by atoms with E-state index in [1.165, 1.54) is 0 Å². The van der Waals surface area contributed by atoms with Gasteiger partial charge in [0, 0.05) is 16.8 Å². The second-order valence-electron chi connectivity index (χ2n) is 4.78. The van der Waals surface area contributed by atoms with Crippen molar-refractivity contribution >= 4 is 17.4 Å². The van der Waals surface area contributed by atoms with Crippen molar-refractivity contribution in [1.29, 1.82) is 0 Å². The Morgan fingerprint density at radius 3 is 2.19 bits per heavy atom. The minimum absolute atomic E-state index is 0.0302. The van der Waals surface area contributed by atoms with Crippen molar-refractivity contribution in [2.45, 2.75) is 13.8 Å². The maximum atomic E-state index is 12.3. The van der Waals surface area contributed by atoms with Gasteiger partial charge in [-0.15, -0.1) is 0 Å². The molecule has 2 rings (SSSR count). The van der Waals surface area contributed by atoms with E-state index in [1.807, 2.05) is 32.0 Å². The summed E-state index contributed by atoms with van der Waals surface area (Å²) in [5, 5.41) is 14.4. The van der Waals surface area contributed by atoms with E-state index in [2.05, 4.69) is 10.5 Å². The smallest absolute Gasteiger partial charge is 0.256 e. The molecule has 0 spiro atoms. The molecule has 0 unspecified atom stereocenters. The third-order valence-corrected chi connectivity index (χ3v) is 3.25. The Hall–Kier alpha value is -2.82. The highest BCUT2D eigenvalue weighted by atomic mass is 16.4. The monoisotopic (exact) mass is 283 g/mol. The number of carbonyl (C=O) groups excluding carboxylic acids is 1. The van der Waals surface area contributed by atoms with E-state index in [1.54, 1.807) is 24.3 Å². The summed E-state index contributed by atoms with van der Waals surface area (Å²) in [6, 6.07) is 12.5. The number of amides is 1. The van der Waals surface area contributed by atoms with Gasteiger partial charge < -0.3 is 16.3 Å². The number of anilines is 1. The Morgan fingerprint density at radius 1 is 1.10 bits per heavy atom. The molecule has 5 nitrogen and oxygen atoms in total. The van der Waals surface area contributed by atoms with Gasteiger partial charge >= 0.3 is 0 Å². The summed E-state index contributed by atoms with van der Waals surface area (Å²) < 4.78 is 0. The SMILES string of the molecule is Cc1cccc(C)c1C(=O)Nc1ccc(/C(N)=N/O)cc1. The van der Waals surface area contributed by atoms with Gasteiger partial charge in [-0.3, -0.25) is 4.79 Å². The average Bonchev–Trinajstić information content (AvgIpc) is 2.47. The standard InChI is InChI=1S/C16H17N3O2/c1-10-4-3-5-11(2)14(10)16(20)18-13-8-6-12(7-9-13)15(17)19-21/h3-9,21H,1-2H3,(H2,17,19)(H,18,20). The fourth-order valence-corrected chi connectivity index (χ4v) is 2.15. The fourth-order valence-electron chi connectivity index (χ4n) is 2.15. The van der Waals surface area contributed by atoms with Gasteiger partial charge in [-0.05, 0) is 49.2 Å². The van der Waals surface area contributed by atoms with Crippen molar-refractivity contribution < 1.29 is 10.0 Å². The molecule has 108 valence electrons. The lowest BCUT2D eigenvalue weighted by Crippen LogP contribution is -2.16. The van der Waals surface area contributed by atoms with Gasteiger partial charge in [-0.1, -0.05) is 23.4 Å². The van der Waals surface area contributed by atoms with Crippen molar-refractivity contribution in [1.82, 2.24) is 0 Å². The number of aryl methyl sites for hydroxylation is 2. The van der Waals surface area contributed by atoms with Crippen molar-refractivity contribution in [3.8, 4) is 0 Å². The topological polar surface area (TPSA) is 87.7 Å². The van der Waals surface area contributed by atoms with E-state index in [4.69, 9.17) is 10.9 Å². The molecule has 0 saturated carbocycles. The Morgan fingerprint density at radius 2 is 1.67 bits per heavy atom. The number of nitrogens with two attached hydrogens (primary N) is 1. The number of nitrogens with one attached hydrogen (secondary N) is 1. The zero-order chi connectivity index (χ0) is 15.4. The van der Waals surface area contributed by atoms with Crippen LogP contribution < -0.4 is 11.1 Å². The van der Waals surface area contributed by atoms with Gasteiger partial charge in [-0.2, -0.15) is 0 Å². The maximum Gasteiger partial charge on any atom is 0.256 e. The van der Waals surface area contributed by atoms with Crippen LogP contribution >= 0.6 is 0 Å². The number of oxime groups is 1. The van der Waals surface area contributed by atoms with Crippen molar-refractivity contribution in [3.63, 3.8) is 0 Å². The molecule has 5 heteroatoms. The van der Waals surface area contributed by atoms with Crippen molar-refractivity contribution in [2.24, 2.45) is 10.9 Å². The molecule has 1 amide bonds. The molecular formula is C16H17N3O2. The van der Waals surface area contributed by atoms with E-state index in [0.29, 0.717) is 16.8 Å². The zero-order valence-electron chi connectivity index (χ0n) is 11.9. The summed E-state index contributed by atoms with van der Waals surface area (Å²) in [4.78, 5) is 12.3. The number of nitrogens with zero attached hydrogens (tertiary/aromatic N) is 1. The number of hydrogen-bond acceptors (Lipinski definition) is 3. The zero-order valence-corrected chi connectivity index (χ0v) is 11.9. The highest BCUT2D eigenvalue weighted by Crippen LogP contribution is 2.16. The van der Waals surface area contributed by atoms with Crippen LogP contribution in [0.3, 0.4) is 0 Å². The first kappa shape index (κ1) is 14.6. The third kappa shape index (κ3) is 3.20.